The van der Waals surface area contributed by atoms with E-state index < -0.39 is 11.7 Å². The predicted molar refractivity (Wildman–Crippen MR) is 109 cm³/mol. The standard InChI is InChI=1S/C21H16FN3O2S/c1-13-7-8-15(22)9-17(13)24-18(26)10-25-12-23-19-16(11-28-20(19)21(25)27)14-5-3-2-4-6-14/h2-9,11-12H,10H2,1H3,(H,24,26). The Kier molecular flexibility index (Phi) is 4.75. The fraction of sp³-hybridized carbons (Fsp3) is 0.0952. The molecule has 1 amide bonds. The van der Waals surface area contributed by atoms with Crippen molar-refractivity contribution in [1.29, 1.82) is 0 Å². The molecule has 140 valence electrons. The van der Waals surface area contributed by atoms with Crippen LogP contribution in [-0.4, -0.2) is 15.5 Å². The molecule has 0 saturated carbocycles. The van der Waals surface area contributed by atoms with E-state index >= 15 is 0 Å². The Morgan fingerprint density at radius 3 is 2.79 bits per heavy atom. The molecule has 0 aliphatic rings. The molecule has 5 nitrogen and oxygen atoms in total. The third kappa shape index (κ3) is 3.44. The van der Waals surface area contributed by atoms with Crippen molar-refractivity contribution < 1.29 is 9.18 Å². The first kappa shape index (κ1) is 18.1. The Bertz CT molecular complexity index is 1230. The van der Waals surface area contributed by atoms with Crippen molar-refractivity contribution in [3.8, 4) is 11.1 Å². The Hall–Kier alpha value is -3.32. The number of carbonyl (C=O) groups excluding carboxylic acids is 1. The number of rotatable bonds is 4. The zero-order valence-electron chi connectivity index (χ0n) is 15.0. The van der Waals surface area contributed by atoms with E-state index in [1.807, 2.05) is 35.7 Å². The summed E-state index contributed by atoms with van der Waals surface area (Å²) < 4.78 is 15.1. The lowest BCUT2D eigenvalue weighted by atomic mass is 10.1. The van der Waals surface area contributed by atoms with Gasteiger partial charge in [0.05, 0.1) is 11.8 Å². The second-order valence-corrected chi connectivity index (χ2v) is 7.26. The van der Waals surface area contributed by atoms with Crippen molar-refractivity contribution in [1.82, 2.24) is 9.55 Å². The molecule has 0 atom stereocenters. The molecule has 2 aromatic carbocycles. The Morgan fingerprint density at radius 1 is 1.21 bits per heavy atom. The summed E-state index contributed by atoms with van der Waals surface area (Å²) in [6.07, 6.45) is 1.38. The number of hydrogen-bond donors (Lipinski definition) is 1. The summed E-state index contributed by atoms with van der Waals surface area (Å²) in [6.45, 7) is 1.57. The molecule has 2 heterocycles. The van der Waals surface area contributed by atoms with Crippen molar-refractivity contribution in [3.63, 3.8) is 0 Å². The van der Waals surface area contributed by atoms with Crippen molar-refractivity contribution in [2.24, 2.45) is 0 Å². The van der Waals surface area contributed by atoms with Gasteiger partial charge in [-0.05, 0) is 30.2 Å². The van der Waals surface area contributed by atoms with Crippen LogP contribution in [0.4, 0.5) is 10.1 Å². The SMILES string of the molecule is Cc1ccc(F)cc1NC(=O)Cn1cnc2c(-c3ccccc3)csc2c1=O. The minimum atomic E-state index is -0.437. The molecule has 0 aliphatic carbocycles. The third-order valence-electron chi connectivity index (χ3n) is 4.42. The number of amides is 1. The van der Waals surface area contributed by atoms with Gasteiger partial charge < -0.3 is 5.32 Å². The molecule has 1 N–H and O–H groups in total. The lowest BCUT2D eigenvalue weighted by Crippen LogP contribution is -2.27. The van der Waals surface area contributed by atoms with Gasteiger partial charge in [-0.2, -0.15) is 0 Å². The Labute approximate surface area is 164 Å². The van der Waals surface area contributed by atoms with Gasteiger partial charge in [0, 0.05) is 16.6 Å². The van der Waals surface area contributed by atoms with Crippen LogP contribution in [0.15, 0.2) is 65.0 Å². The highest BCUT2D eigenvalue weighted by Gasteiger charge is 2.14. The summed E-state index contributed by atoms with van der Waals surface area (Å²) in [4.78, 5) is 29.5. The predicted octanol–water partition coefficient (Wildman–Crippen LogP) is 4.21. The van der Waals surface area contributed by atoms with E-state index in [9.17, 15) is 14.0 Å². The molecule has 0 aliphatic heterocycles. The summed E-state index contributed by atoms with van der Waals surface area (Å²) in [7, 11) is 0. The molecule has 4 aromatic rings. The molecule has 0 fully saturated rings. The van der Waals surface area contributed by atoms with Crippen LogP contribution in [0.2, 0.25) is 0 Å². The molecule has 4 rings (SSSR count). The fourth-order valence-corrected chi connectivity index (χ4v) is 3.93. The van der Waals surface area contributed by atoms with Crippen LogP contribution in [0.5, 0.6) is 0 Å². The van der Waals surface area contributed by atoms with E-state index in [1.165, 1.54) is 34.4 Å². The van der Waals surface area contributed by atoms with Crippen LogP contribution in [0.25, 0.3) is 21.3 Å². The number of fused-ring (bicyclic) bond motifs is 1. The van der Waals surface area contributed by atoms with Gasteiger partial charge in [0.1, 0.15) is 17.1 Å². The lowest BCUT2D eigenvalue weighted by Gasteiger charge is -2.10. The molecule has 7 heteroatoms. The molecule has 0 unspecified atom stereocenters. The number of carbonyl (C=O) groups is 1. The number of thiophene rings is 1. The smallest absolute Gasteiger partial charge is 0.271 e. The first-order valence-electron chi connectivity index (χ1n) is 8.61. The van der Waals surface area contributed by atoms with Gasteiger partial charge in [-0.25, -0.2) is 9.37 Å². The lowest BCUT2D eigenvalue weighted by molar-refractivity contribution is -0.116. The van der Waals surface area contributed by atoms with Crippen molar-refractivity contribution in [3.05, 3.63) is 82.0 Å². The molecular formula is C21H16FN3O2S. The van der Waals surface area contributed by atoms with Crippen LogP contribution in [-0.2, 0) is 11.3 Å². The number of aromatic nitrogens is 2. The average Bonchev–Trinajstić information content (AvgIpc) is 3.12. The summed E-state index contributed by atoms with van der Waals surface area (Å²) in [5, 5.41) is 4.54. The highest BCUT2D eigenvalue weighted by Crippen LogP contribution is 2.30. The first-order chi connectivity index (χ1) is 13.5. The molecule has 0 spiro atoms. The van der Waals surface area contributed by atoms with Crippen LogP contribution < -0.4 is 10.9 Å². The van der Waals surface area contributed by atoms with Crippen molar-refractivity contribution >= 4 is 33.1 Å². The van der Waals surface area contributed by atoms with E-state index in [-0.39, 0.29) is 12.1 Å². The maximum Gasteiger partial charge on any atom is 0.271 e. The van der Waals surface area contributed by atoms with Crippen molar-refractivity contribution in [2.75, 3.05) is 5.32 Å². The highest BCUT2D eigenvalue weighted by molar-refractivity contribution is 7.17. The molecular weight excluding hydrogens is 377 g/mol. The van der Waals surface area contributed by atoms with Gasteiger partial charge in [0.25, 0.3) is 5.56 Å². The van der Waals surface area contributed by atoms with Gasteiger partial charge >= 0.3 is 0 Å². The van der Waals surface area contributed by atoms with Gasteiger partial charge in [0.15, 0.2) is 0 Å². The monoisotopic (exact) mass is 393 g/mol. The Morgan fingerprint density at radius 2 is 2.00 bits per heavy atom. The van der Waals surface area contributed by atoms with E-state index in [4.69, 9.17) is 0 Å². The third-order valence-corrected chi connectivity index (χ3v) is 5.38. The molecule has 0 saturated heterocycles. The number of nitrogens with zero attached hydrogens (tertiary/aromatic N) is 2. The number of hydrogen-bond acceptors (Lipinski definition) is 4. The second kappa shape index (κ2) is 7.36. The fourth-order valence-electron chi connectivity index (χ4n) is 2.95. The first-order valence-corrected chi connectivity index (χ1v) is 9.49. The maximum absolute atomic E-state index is 13.4. The maximum atomic E-state index is 13.4. The topological polar surface area (TPSA) is 64.0 Å². The summed E-state index contributed by atoms with van der Waals surface area (Å²) >= 11 is 1.31. The van der Waals surface area contributed by atoms with Crippen molar-refractivity contribution in [2.45, 2.75) is 13.5 Å². The average molecular weight is 393 g/mol. The number of benzene rings is 2. The number of nitrogens with one attached hydrogen (secondary N) is 1. The quantitative estimate of drug-likeness (QED) is 0.565. The van der Waals surface area contributed by atoms with Gasteiger partial charge in [-0.15, -0.1) is 11.3 Å². The minimum Gasteiger partial charge on any atom is -0.324 e. The molecule has 28 heavy (non-hydrogen) atoms. The Balaban J connectivity index is 1.61. The number of anilines is 1. The minimum absolute atomic E-state index is 0.198. The van der Waals surface area contributed by atoms with E-state index in [2.05, 4.69) is 10.3 Å². The van der Waals surface area contributed by atoms with Gasteiger partial charge in [-0.3, -0.25) is 14.2 Å². The summed E-state index contributed by atoms with van der Waals surface area (Å²) in [6, 6.07) is 13.9. The molecule has 2 aromatic heterocycles. The van der Waals surface area contributed by atoms with E-state index in [0.717, 1.165) is 16.7 Å². The van der Waals surface area contributed by atoms with E-state index in [1.54, 1.807) is 13.0 Å². The number of halogens is 1. The molecule has 0 bridgehead atoms. The highest BCUT2D eigenvalue weighted by atomic mass is 32.1. The van der Waals surface area contributed by atoms with Gasteiger partial charge in [0.2, 0.25) is 5.91 Å². The number of aryl methyl sites for hydroxylation is 1. The van der Waals surface area contributed by atoms with Crippen LogP contribution >= 0.6 is 11.3 Å². The largest absolute Gasteiger partial charge is 0.324 e. The second-order valence-electron chi connectivity index (χ2n) is 6.38. The summed E-state index contributed by atoms with van der Waals surface area (Å²) in [5.74, 6) is -0.857. The van der Waals surface area contributed by atoms with Crippen LogP contribution in [0.1, 0.15) is 5.56 Å². The zero-order valence-corrected chi connectivity index (χ0v) is 15.8. The molecule has 0 radical (unpaired) electrons. The van der Waals surface area contributed by atoms with Gasteiger partial charge in [-0.1, -0.05) is 36.4 Å². The van der Waals surface area contributed by atoms with Crippen LogP contribution in [0, 0.1) is 12.7 Å². The van der Waals surface area contributed by atoms with Crippen LogP contribution in [0.3, 0.4) is 0 Å². The normalized spacial score (nSPS) is 10.9. The summed E-state index contributed by atoms with van der Waals surface area (Å²) in [5.41, 5.74) is 3.35. The zero-order chi connectivity index (χ0) is 19.7. The van der Waals surface area contributed by atoms with E-state index in [0.29, 0.717) is 15.9 Å².